The normalized spacial score (nSPS) is 11.7. The zero-order valence-electron chi connectivity index (χ0n) is 12.9. The van der Waals surface area contributed by atoms with Gasteiger partial charge in [0, 0.05) is 11.1 Å². The van der Waals surface area contributed by atoms with E-state index in [0.29, 0.717) is 16.7 Å². The third-order valence-corrected chi connectivity index (χ3v) is 3.85. The van der Waals surface area contributed by atoms with Crippen molar-refractivity contribution in [2.45, 2.75) is 6.10 Å². The molecule has 0 aliphatic carbocycles. The number of hydrogen-bond acceptors (Lipinski definition) is 3. The lowest BCUT2D eigenvalue weighted by atomic mass is 9.97. The van der Waals surface area contributed by atoms with Crippen LogP contribution < -0.4 is 0 Å². The summed E-state index contributed by atoms with van der Waals surface area (Å²) < 4.78 is 0. The predicted molar refractivity (Wildman–Crippen MR) is 92.0 cm³/mol. The Hall–Kier alpha value is -3.04. The van der Waals surface area contributed by atoms with Crippen LogP contribution in [0.25, 0.3) is 0 Å². The summed E-state index contributed by atoms with van der Waals surface area (Å²) in [4.78, 5) is 24.5. The van der Waals surface area contributed by atoms with Crippen molar-refractivity contribution in [1.82, 2.24) is 0 Å². The molecule has 0 fully saturated rings. The fraction of sp³-hybridized carbons (Fsp3) is 0.0476. The van der Waals surface area contributed by atoms with Gasteiger partial charge in [-0.2, -0.15) is 0 Å². The highest BCUT2D eigenvalue weighted by Gasteiger charge is 2.18. The summed E-state index contributed by atoms with van der Waals surface area (Å²) in [6.45, 7) is 0. The monoisotopic (exact) mass is 316 g/mol. The first-order valence-corrected chi connectivity index (χ1v) is 7.64. The van der Waals surface area contributed by atoms with Gasteiger partial charge in [0.05, 0.1) is 0 Å². The van der Waals surface area contributed by atoms with Crippen LogP contribution in [0.3, 0.4) is 0 Å². The summed E-state index contributed by atoms with van der Waals surface area (Å²) in [5, 5.41) is 10.4. The van der Waals surface area contributed by atoms with E-state index in [0.717, 1.165) is 5.56 Å². The number of Topliss-reactive ketones (excluding diaryl/α,β-unsaturated/α-hetero) is 2. The zero-order chi connectivity index (χ0) is 16.9. The molecule has 3 nitrogen and oxygen atoms in total. The Morgan fingerprint density at radius 1 is 0.583 bits per heavy atom. The summed E-state index contributed by atoms with van der Waals surface area (Å²) in [5.74, 6) is -1.09. The zero-order valence-corrected chi connectivity index (χ0v) is 12.9. The molecule has 0 amide bonds. The molecule has 0 aromatic heterocycles. The lowest BCUT2D eigenvalue weighted by molar-refractivity contribution is 0.0817. The van der Waals surface area contributed by atoms with Gasteiger partial charge in [0.1, 0.15) is 6.10 Å². The third kappa shape index (κ3) is 3.31. The first-order chi connectivity index (χ1) is 11.7. The van der Waals surface area contributed by atoms with Gasteiger partial charge in [-0.3, -0.25) is 9.59 Å². The van der Waals surface area contributed by atoms with Gasteiger partial charge in [0.25, 0.3) is 0 Å². The molecule has 1 N–H and O–H groups in total. The molecule has 0 radical (unpaired) electrons. The summed E-state index contributed by atoms with van der Waals surface area (Å²) in [7, 11) is 0. The van der Waals surface area contributed by atoms with Crippen molar-refractivity contribution in [2.75, 3.05) is 0 Å². The minimum absolute atomic E-state index is 0.313. The van der Waals surface area contributed by atoms with Gasteiger partial charge < -0.3 is 5.11 Å². The molecular weight excluding hydrogens is 300 g/mol. The third-order valence-electron chi connectivity index (χ3n) is 3.85. The van der Waals surface area contributed by atoms with E-state index in [1.165, 1.54) is 0 Å². The number of hydrogen-bond donors (Lipinski definition) is 1. The lowest BCUT2D eigenvalue weighted by Crippen LogP contribution is -2.14. The van der Waals surface area contributed by atoms with E-state index in [4.69, 9.17) is 0 Å². The molecule has 1 atom stereocenters. The molecule has 1 unspecified atom stereocenters. The largest absolute Gasteiger partial charge is 0.384 e. The van der Waals surface area contributed by atoms with Crippen LogP contribution in [0.1, 0.15) is 37.9 Å². The maximum atomic E-state index is 12.3. The number of ketones is 2. The molecule has 3 aromatic rings. The maximum absolute atomic E-state index is 12.3. The highest BCUT2D eigenvalue weighted by molar-refractivity contribution is 6.49. The Morgan fingerprint density at radius 2 is 1.00 bits per heavy atom. The minimum Gasteiger partial charge on any atom is -0.384 e. The van der Waals surface area contributed by atoms with Crippen LogP contribution in [0.15, 0.2) is 84.9 Å². The Labute approximate surface area is 140 Å². The highest BCUT2D eigenvalue weighted by Crippen LogP contribution is 2.22. The number of aliphatic hydroxyl groups is 1. The first-order valence-electron chi connectivity index (χ1n) is 7.64. The van der Waals surface area contributed by atoms with Crippen LogP contribution in [0.5, 0.6) is 0 Å². The van der Waals surface area contributed by atoms with E-state index in [1.807, 2.05) is 30.3 Å². The minimum atomic E-state index is -0.764. The van der Waals surface area contributed by atoms with Crippen LogP contribution in [0.2, 0.25) is 0 Å². The molecule has 3 rings (SSSR count). The van der Waals surface area contributed by atoms with Crippen molar-refractivity contribution < 1.29 is 14.7 Å². The van der Waals surface area contributed by atoms with Crippen LogP contribution >= 0.6 is 0 Å². The van der Waals surface area contributed by atoms with E-state index in [-0.39, 0.29) is 0 Å². The summed E-state index contributed by atoms with van der Waals surface area (Å²) in [5.41, 5.74) is 2.13. The molecule has 24 heavy (non-hydrogen) atoms. The summed E-state index contributed by atoms with van der Waals surface area (Å²) >= 11 is 0. The Balaban J connectivity index is 1.79. The van der Waals surface area contributed by atoms with E-state index in [2.05, 4.69) is 0 Å². The topological polar surface area (TPSA) is 54.4 Å². The lowest BCUT2D eigenvalue weighted by Gasteiger charge is -2.11. The SMILES string of the molecule is O=C(C(=O)c1ccc(C(O)c2ccccc2)cc1)c1ccccc1. The maximum Gasteiger partial charge on any atom is 0.233 e. The first kappa shape index (κ1) is 15.8. The smallest absolute Gasteiger partial charge is 0.233 e. The molecule has 0 heterocycles. The molecular formula is C21H16O3. The van der Waals surface area contributed by atoms with Crippen molar-refractivity contribution in [1.29, 1.82) is 0 Å². The van der Waals surface area contributed by atoms with Gasteiger partial charge in [-0.1, -0.05) is 84.9 Å². The average Bonchev–Trinajstić information content (AvgIpc) is 2.68. The molecule has 118 valence electrons. The standard InChI is InChI=1S/C21H16O3/c22-19(15-7-3-1-4-8-15)17-11-13-18(14-12-17)21(24)20(23)16-9-5-2-6-10-16/h1-14,19,22H. The van der Waals surface area contributed by atoms with E-state index < -0.39 is 17.7 Å². The van der Waals surface area contributed by atoms with Crippen LogP contribution in [-0.2, 0) is 0 Å². The molecule has 0 bridgehead atoms. The van der Waals surface area contributed by atoms with Crippen molar-refractivity contribution in [3.63, 3.8) is 0 Å². The molecule has 0 aliphatic rings. The fourth-order valence-corrected chi connectivity index (χ4v) is 2.50. The number of aliphatic hydroxyl groups excluding tert-OH is 1. The summed E-state index contributed by atoms with van der Waals surface area (Å²) in [6, 6.07) is 24.2. The Kier molecular flexibility index (Phi) is 4.64. The Morgan fingerprint density at radius 3 is 1.54 bits per heavy atom. The van der Waals surface area contributed by atoms with Gasteiger partial charge >= 0.3 is 0 Å². The van der Waals surface area contributed by atoms with Crippen LogP contribution in [0.4, 0.5) is 0 Å². The summed E-state index contributed by atoms with van der Waals surface area (Å²) in [6.07, 6.45) is -0.764. The van der Waals surface area contributed by atoms with Gasteiger partial charge in [0.2, 0.25) is 11.6 Å². The number of benzene rings is 3. The molecule has 3 heteroatoms. The second kappa shape index (κ2) is 7.02. The van der Waals surface area contributed by atoms with E-state index >= 15 is 0 Å². The molecule has 0 spiro atoms. The number of carbonyl (C=O) groups excluding carboxylic acids is 2. The van der Waals surface area contributed by atoms with Crippen molar-refractivity contribution in [3.05, 3.63) is 107 Å². The highest BCUT2D eigenvalue weighted by atomic mass is 16.3. The van der Waals surface area contributed by atoms with Gasteiger partial charge in [-0.25, -0.2) is 0 Å². The van der Waals surface area contributed by atoms with Crippen molar-refractivity contribution in [2.24, 2.45) is 0 Å². The van der Waals surface area contributed by atoms with E-state index in [1.54, 1.807) is 54.6 Å². The average molecular weight is 316 g/mol. The van der Waals surface area contributed by atoms with Crippen molar-refractivity contribution in [3.8, 4) is 0 Å². The number of carbonyl (C=O) groups is 2. The molecule has 0 saturated carbocycles. The van der Waals surface area contributed by atoms with E-state index in [9.17, 15) is 14.7 Å². The van der Waals surface area contributed by atoms with Gasteiger partial charge in [-0.05, 0) is 11.1 Å². The van der Waals surface area contributed by atoms with Gasteiger partial charge in [0.15, 0.2) is 0 Å². The fourth-order valence-electron chi connectivity index (χ4n) is 2.50. The van der Waals surface area contributed by atoms with Crippen molar-refractivity contribution >= 4 is 11.6 Å². The number of rotatable bonds is 5. The van der Waals surface area contributed by atoms with Crippen LogP contribution in [-0.4, -0.2) is 16.7 Å². The molecule has 3 aromatic carbocycles. The Bertz CT molecular complexity index is 837. The predicted octanol–water partition coefficient (Wildman–Crippen LogP) is 3.83. The van der Waals surface area contributed by atoms with Gasteiger partial charge in [-0.15, -0.1) is 0 Å². The quantitative estimate of drug-likeness (QED) is 0.575. The second-order valence-corrected chi connectivity index (χ2v) is 5.46. The molecule has 0 aliphatic heterocycles. The second-order valence-electron chi connectivity index (χ2n) is 5.46. The molecule has 0 saturated heterocycles. The van der Waals surface area contributed by atoms with Crippen LogP contribution in [0, 0.1) is 0 Å².